The van der Waals surface area contributed by atoms with Crippen molar-refractivity contribution in [3.8, 4) is 0 Å². The number of rotatable bonds is 5. The van der Waals surface area contributed by atoms with Crippen molar-refractivity contribution in [2.75, 3.05) is 23.7 Å². The van der Waals surface area contributed by atoms with Gasteiger partial charge in [-0.2, -0.15) is 0 Å². The normalized spacial score (nSPS) is 9.75. The third kappa shape index (κ3) is 3.45. The van der Waals surface area contributed by atoms with Crippen LogP contribution in [0.25, 0.3) is 0 Å². The molecule has 0 bridgehead atoms. The molecule has 0 saturated carbocycles. The SMILES string of the molecule is NC(=O)CN(CC(N)=O)c1cc(N)ccn1. The molecule has 0 atom stereocenters. The number of pyridine rings is 1. The van der Waals surface area contributed by atoms with Crippen LogP contribution in [0.3, 0.4) is 0 Å². The topological polar surface area (TPSA) is 128 Å². The number of amides is 2. The predicted octanol–water partition coefficient (Wildman–Crippen LogP) is -1.56. The molecule has 1 aromatic heterocycles. The average molecular weight is 223 g/mol. The Labute approximate surface area is 92.2 Å². The highest BCUT2D eigenvalue weighted by atomic mass is 16.2. The van der Waals surface area contributed by atoms with E-state index in [-0.39, 0.29) is 13.1 Å². The average Bonchev–Trinajstić information content (AvgIpc) is 2.15. The second-order valence-electron chi connectivity index (χ2n) is 3.24. The summed E-state index contributed by atoms with van der Waals surface area (Å²) in [7, 11) is 0. The first-order valence-electron chi connectivity index (χ1n) is 4.52. The molecule has 2 amide bonds. The van der Waals surface area contributed by atoms with Crippen molar-refractivity contribution in [1.82, 2.24) is 4.98 Å². The quantitative estimate of drug-likeness (QED) is 0.556. The Balaban J connectivity index is 2.90. The summed E-state index contributed by atoms with van der Waals surface area (Å²) in [5.74, 6) is -0.770. The number of anilines is 2. The van der Waals surface area contributed by atoms with E-state index in [9.17, 15) is 9.59 Å². The highest BCUT2D eigenvalue weighted by Crippen LogP contribution is 2.12. The van der Waals surface area contributed by atoms with Crippen LogP contribution in [-0.4, -0.2) is 29.9 Å². The number of hydrogen-bond acceptors (Lipinski definition) is 5. The molecule has 1 aromatic rings. The third-order valence-corrected chi connectivity index (χ3v) is 1.79. The van der Waals surface area contributed by atoms with Crippen molar-refractivity contribution < 1.29 is 9.59 Å². The van der Waals surface area contributed by atoms with E-state index in [4.69, 9.17) is 17.2 Å². The van der Waals surface area contributed by atoms with Crippen LogP contribution in [0.2, 0.25) is 0 Å². The molecule has 1 rings (SSSR count). The molecule has 1 heterocycles. The first kappa shape index (κ1) is 11.8. The number of carbonyl (C=O) groups is 2. The molecule has 16 heavy (non-hydrogen) atoms. The molecule has 0 fully saturated rings. The summed E-state index contributed by atoms with van der Waals surface area (Å²) in [6, 6.07) is 3.13. The van der Waals surface area contributed by atoms with Crippen LogP contribution in [0.4, 0.5) is 11.5 Å². The van der Waals surface area contributed by atoms with E-state index in [1.807, 2.05) is 0 Å². The van der Waals surface area contributed by atoms with Crippen molar-refractivity contribution in [3.05, 3.63) is 18.3 Å². The molecule has 0 aliphatic carbocycles. The fraction of sp³-hybridized carbons (Fsp3) is 0.222. The van der Waals surface area contributed by atoms with E-state index in [2.05, 4.69) is 4.98 Å². The van der Waals surface area contributed by atoms with Crippen LogP contribution in [0, 0.1) is 0 Å². The lowest BCUT2D eigenvalue weighted by Gasteiger charge is -2.20. The summed E-state index contributed by atoms with van der Waals surface area (Å²) < 4.78 is 0. The molecule has 0 unspecified atom stereocenters. The number of nitrogens with two attached hydrogens (primary N) is 3. The summed E-state index contributed by atoms with van der Waals surface area (Å²) in [5, 5.41) is 0. The maximum atomic E-state index is 10.8. The number of hydrogen-bond donors (Lipinski definition) is 3. The van der Waals surface area contributed by atoms with E-state index >= 15 is 0 Å². The van der Waals surface area contributed by atoms with Gasteiger partial charge in [0.1, 0.15) is 5.82 Å². The highest BCUT2D eigenvalue weighted by Gasteiger charge is 2.13. The number of carbonyl (C=O) groups excluding carboxylic acids is 2. The van der Waals surface area contributed by atoms with Crippen molar-refractivity contribution >= 4 is 23.3 Å². The zero-order valence-corrected chi connectivity index (χ0v) is 8.59. The van der Waals surface area contributed by atoms with Gasteiger partial charge >= 0.3 is 0 Å². The Morgan fingerprint density at radius 3 is 2.25 bits per heavy atom. The van der Waals surface area contributed by atoms with Crippen LogP contribution in [0.5, 0.6) is 0 Å². The molecule has 0 spiro atoms. The van der Waals surface area contributed by atoms with E-state index < -0.39 is 11.8 Å². The van der Waals surface area contributed by atoms with Gasteiger partial charge in [-0.15, -0.1) is 0 Å². The highest BCUT2D eigenvalue weighted by molar-refractivity contribution is 5.84. The summed E-state index contributed by atoms with van der Waals surface area (Å²) in [5.41, 5.74) is 16.1. The van der Waals surface area contributed by atoms with Crippen molar-refractivity contribution in [1.29, 1.82) is 0 Å². The lowest BCUT2D eigenvalue weighted by atomic mass is 10.3. The van der Waals surface area contributed by atoms with Gasteiger partial charge in [0.2, 0.25) is 11.8 Å². The molecule has 0 aromatic carbocycles. The van der Waals surface area contributed by atoms with Crippen molar-refractivity contribution in [2.24, 2.45) is 11.5 Å². The molecule has 6 N–H and O–H groups in total. The van der Waals surface area contributed by atoms with Gasteiger partial charge in [-0.3, -0.25) is 9.59 Å². The van der Waals surface area contributed by atoms with Crippen LogP contribution in [0.15, 0.2) is 18.3 Å². The van der Waals surface area contributed by atoms with Gasteiger partial charge in [0.05, 0.1) is 13.1 Å². The molecule has 0 saturated heterocycles. The summed E-state index contributed by atoms with van der Waals surface area (Å²) >= 11 is 0. The largest absolute Gasteiger partial charge is 0.399 e. The maximum absolute atomic E-state index is 10.8. The lowest BCUT2D eigenvalue weighted by molar-refractivity contribution is -0.117. The fourth-order valence-electron chi connectivity index (χ4n) is 1.20. The number of aromatic nitrogens is 1. The Morgan fingerprint density at radius 2 is 1.81 bits per heavy atom. The Hall–Kier alpha value is -2.31. The van der Waals surface area contributed by atoms with Gasteiger partial charge in [-0.25, -0.2) is 4.98 Å². The molecule has 0 radical (unpaired) electrons. The van der Waals surface area contributed by atoms with E-state index in [0.29, 0.717) is 11.5 Å². The molecule has 0 aliphatic rings. The Kier molecular flexibility index (Phi) is 3.65. The van der Waals surface area contributed by atoms with Gasteiger partial charge in [0.25, 0.3) is 0 Å². The molecule has 86 valence electrons. The monoisotopic (exact) mass is 223 g/mol. The third-order valence-electron chi connectivity index (χ3n) is 1.79. The first-order valence-corrected chi connectivity index (χ1v) is 4.52. The standard InChI is InChI=1S/C9H13N5O2/c10-6-1-2-13-9(3-6)14(4-7(11)15)5-8(12)16/h1-3H,4-5H2,(H2,10,13)(H2,11,15)(H2,12,16). The van der Waals surface area contributed by atoms with Crippen LogP contribution < -0.4 is 22.1 Å². The van der Waals surface area contributed by atoms with Gasteiger partial charge in [0.15, 0.2) is 0 Å². The van der Waals surface area contributed by atoms with Crippen molar-refractivity contribution in [3.63, 3.8) is 0 Å². The van der Waals surface area contributed by atoms with E-state index in [1.165, 1.54) is 17.2 Å². The van der Waals surface area contributed by atoms with Crippen LogP contribution >= 0.6 is 0 Å². The fourth-order valence-corrected chi connectivity index (χ4v) is 1.20. The molecule has 7 nitrogen and oxygen atoms in total. The lowest BCUT2D eigenvalue weighted by Crippen LogP contribution is -2.40. The smallest absolute Gasteiger partial charge is 0.237 e. The maximum Gasteiger partial charge on any atom is 0.237 e. The number of nitrogens with zero attached hydrogens (tertiary/aromatic N) is 2. The summed E-state index contributed by atoms with van der Waals surface area (Å²) in [4.78, 5) is 27.0. The first-order chi connectivity index (χ1) is 7.49. The molecular formula is C9H13N5O2. The second kappa shape index (κ2) is 4.96. The zero-order valence-electron chi connectivity index (χ0n) is 8.59. The Bertz CT molecular complexity index is 391. The summed E-state index contributed by atoms with van der Waals surface area (Å²) in [6.07, 6.45) is 1.47. The summed E-state index contributed by atoms with van der Waals surface area (Å²) in [6.45, 7) is -0.279. The van der Waals surface area contributed by atoms with Gasteiger partial charge in [-0.05, 0) is 6.07 Å². The second-order valence-corrected chi connectivity index (χ2v) is 3.24. The van der Waals surface area contributed by atoms with E-state index in [1.54, 1.807) is 6.07 Å². The van der Waals surface area contributed by atoms with Crippen LogP contribution in [-0.2, 0) is 9.59 Å². The van der Waals surface area contributed by atoms with Gasteiger partial charge in [0, 0.05) is 18.0 Å². The zero-order chi connectivity index (χ0) is 12.1. The van der Waals surface area contributed by atoms with Gasteiger partial charge in [-0.1, -0.05) is 0 Å². The number of nitrogen functional groups attached to an aromatic ring is 1. The van der Waals surface area contributed by atoms with Crippen LogP contribution in [0.1, 0.15) is 0 Å². The molecular weight excluding hydrogens is 210 g/mol. The minimum absolute atomic E-state index is 0.139. The predicted molar refractivity (Wildman–Crippen MR) is 59.3 cm³/mol. The molecule has 0 aliphatic heterocycles. The Morgan fingerprint density at radius 1 is 1.25 bits per heavy atom. The number of primary amides is 2. The minimum atomic E-state index is -0.578. The van der Waals surface area contributed by atoms with E-state index in [0.717, 1.165) is 0 Å². The minimum Gasteiger partial charge on any atom is -0.399 e. The molecule has 7 heteroatoms. The van der Waals surface area contributed by atoms with Crippen molar-refractivity contribution in [2.45, 2.75) is 0 Å². The van der Waals surface area contributed by atoms with Gasteiger partial charge < -0.3 is 22.1 Å².